The normalized spacial score (nSPS) is 23.2. The van der Waals surface area contributed by atoms with E-state index in [9.17, 15) is 45.6 Å². The van der Waals surface area contributed by atoms with Crippen molar-refractivity contribution in [2.45, 2.75) is 389 Å². The first kappa shape index (κ1) is 84.5. The molecule has 2 fully saturated rings. The molecule has 0 aromatic carbocycles. The molecule has 0 bridgehead atoms. The zero-order valence-corrected chi connectivity index (χ0v) is 57.8. The summed E-state index contributed by atoms with van der Waals surface area (Å²) in [7, 11) is 0. The molecule has 12 unspecified atom stereocenters. The molecule has 91 heavy (non-hydrogen) atoms. The van der Waals surface area contributed by atoms with Crippen LogP contribution in [-0.2, 0) is 23.7 Å². The molecule has 2 aliphatic rings. The van der Waals surface area contributed by atoms with Gasteiger partial charge in [-0.2, -0.15) is 0 Å². The van der Waals surface area contributed by atoms with Crippen LogP contribution in [0.15, 0.2) is 72.9 Å². The lowest BCUT2D eigenvalue weighted by Crippen LogP contribution is -2.65. The molecule has 1 amide bonds. The Bertz CT molecular complexity index is 1800. The van der Waals surface area contributed by atoms with Crippen LogP contribution >= 0.6 is 0 Å². The number of hydrogen-bond acceptors (Lipinski definition) is 13. The summed E-state index contributed by atoms with van der Waals surface area (Å²) in [4.78, 5) is 13.3. The number of carbonyl (C=O) groups excluding carboxylic acids is 1. The minimum Gasteiger partial charge on any atom is -0.394 e. The van der Waals surface area contributed by atoms with Gasteiger partial charge in [0.15, 0.2) is 12.6 Å². The lowest BCUT2D eigenvalue weighted by atomic mass is 9.97. The monoisotopic (exact) mass is 1290 g/mol. The van der Waals surface area contributed by atoms with Crippen molar-refractivity contribution in [1.29, 1.82) is 0 Å². The highest BCUT2D eigenvalue weighted by atomic mass is 16.7. The summed E-state index contributed by atoms with van der Waals surface area (Å²) < 4.78 is 22.8. The van der Waals surface area contributed by atoms with Gasteiger partial charge in [0, 0.05) is 6.42 Å². The van der Waals surface area contributed by atoms with Crippen LogP contribution in [0.25, 0.3) is 0 Å². The highest BCUT2D eigenvalue weighted by Gasteiger charge is 2.51. The average Bonchev–Trinajstić information content (AvgIpc) is 1.19. The maximum atomic E-state index is 13.3. The zero-order chi connectivity index (χ0) is 65.9. The molecule has 2 heterocycles. The van der Waals surface area contributed by atoms with E-state index < -0.39 is 86.8 Å². The average molecular weight is 1290 g/mol. The van der Waals surface area contributed by atoms with E-state index >= 15 is 0 Å². The van der Waals surface area contributed by atoms with Crippen LogP contribution in [0, 0.1) is 0 Å². The van der Waals surface area contributed by atoms with Crippen molar-refractivity contribution in [2.75, 3.05) is 19.8 Å². The predicted molar refractivity (Wildman–Crippen MR) is 373 cm³/mol. The van der Waals surface area contributed by atoms with E-state index in [0.717, 1.165) is 57.8 Å². The van der Waals surface area contributed by atoms with Crippen molar-refractivity contribution in [3.05, 3.63) is 72.9 Å². The van der Waals surface area contributed by atoms with Gasteiger partial charge in [-0.25, -0.2) is 0 Å². The van der Waals surface area contributed by atoms with Crippen molar-refractivity contribution in [2.24, 2.45) is 0 Å². The third kappa shape index (κ3) is 44.7. The van der Waals surface area contributed by atoms with Gasteiger partial charge in [-0.05, 0) is 70.6 Å². The first-order valence-corrected chi connectivity index (χ1v) is 37.7. The summed E-state index contributed by atoms with van der Waals surface area (Å²) in [5.41, 5.74) is 0. The summed E-state index contributed by atoms with van der Waals surface area (Å²) >= 11 is 0. The van der Waals surface area contributed by atoms with Gasteiger partial charge in [0.05, 0.1) is 32.0 Å². The quantitative estimate of drug-likeness (QED) is 0.0204. The number of nitrogens with one attached hydrogen (secondary N) is 1. The standard InChI is InChI=1S/C77H139NO13/c1-3-5-7-9-11-13-15-17-19-21-23-24-25-26-27-28-29-30-31-32-33-34-35-36-37-38-39-40-41-42-43-45-47-49-51-53-55-57-59-61-69(82)78-65(66(81)60-58-56-54-52-50-48-46-44-22-20-18-16-14-12-10-8-6-4-2)64-88-76-74(87)72(85)75(68(63-80)90-76)91-77-73(86)71(84)70(83)67(62-79)89-77/h5,7,11,13,17,19,23-24,50,52,58,60,65-68,70-77,79-81,83-87H,3-4,6,8-10,12,14-16,18,20-22,25-49,51,53-57,59,61-64H2,1-2H3,(H,78,82)/b7-5-,13-11-,19-17-,24-23-,52-50+,60-58+. The Morgan fingerprint density at radius 1 is 0.407 bits per heavy atom. The van der Waals surface area contributed by atoms with Gasteiger partial charge in [-0.3, -0.25) is 4.79 Å². The number of aliphatic hydroxyl groups is 8. The van der Waals surface area contributed by atoms with Crippen LogP contribution in [-0.4, -0.2) is 140 Å². The Labute approximate surface area is 555 Å². The fraction of sp³-hybridized carbons (Fsp3) is 0.831. The smallest absolute Gasteiger partial charge is 0.220 e. The van der Waals surface area contributed by atoms with Crippen LogP contribution in [0.3, 0.4) is 0 Å². The molecule has 0 aromatic heterocycles. The van der Waals surface area contributed by atoms with E-state index in [-0.39, 0.29) is 18.9 Å². The number of unbranched alkanes of at least 4 members (excludes halogenated alkanes) is 39. The number of amides is 1. The molecule has 12 atom stereocenters. The molecule has 0 aromatic rings. The van der Waals surface area contributed by atoms with E-state index in [1.165, 1.54) is 225 Å². The Hall–Kier alpha value is -2.57. The third-order valence-electron chi connectivity index (χ3n) is 18.1. The Kier molecular flexibility index (Phi) is 56.7. The Balaban J connectivity index is 1.58. The number of allylic oxidation sites excluding steroid dienone is 11. The molecule has 2 aliphatic heterocycles. The van der Waals surface area contributed by atoms with Gasteiger partial charge in [-0.1, -0.05) is 311 Å². The molecule has 0 aliphatic carbocycles. The molecule has 0 radical (unpaired) electrons. The first-order valence-electron chi connectivity index (χ1n) is 37.7. The number of aliphatic hydroxyl groups excluding tert-OH is 8. The van der Waals surface area contributed by atoms with Crippen LogP contribution in [0.2, 0.25) is 0 Å². The molecule has 530 valence electrons. The molecule has 0 saturated carbocycles. The fourth-order valence-corrected chi connectivity index (χ4v) is 12.2. The highest BCUT2D eigenvalue weighted by molar-refractivity contribution is 5.76. The van der Waals surface area contributed by atoms with E-state index in [0.29, 0.717) is 12.8 Å². The van der Waals surface area contributed by atoms with Crippen molar-refractivity contribution < 1.29 is 64.6 Å². The summed E-state index contributed by atoms with van der Waals surface area (Å²) in [5, 5.41) is 87.4. The van der Waals surface area contributed by atoms with Gasteiger partial charge in [0.1, 0.15) is 48.8 Å². The van der Waals surface area contributed by atoms with Gasteiger partial charge < -0.3 is 65.1 Å². The molecule has 2 rings (SSSR count). The first-order chi connectivity index (χ1) is 44.6. The van der Waals surface area contributed by atoms with Crippen LogP contribution in [0.1, 0.15) is 316 Å². The second kappa shape index (κ2) is 61.1. The van der Waals surface area contributed by atoms with E-state index in [1.54, 1.807) is 6.08 Å². The largest absolute Gasteiger partial charge is 0.394 e. The lowest BCUT2D eigenvalue weighted by molar-refractivity contribution is -0.359. The zero-order valence-electron chi connectivity index (χ0n) is 57.8. The van der Waals surface area contributed by atoms with Crippen LogP contribution in [0.4, 0.5) is 0 Å². The SMILES string of the molecule is CC/C=C\C/C=C\C/C=C\C/C=C\CCCCCCCCCCCCCCCCCCCCCCCCCCCCC(=O)NC(COC1OC(CO)C(OC2OC(CO)C(O)C(O)C2O)C(O)C1O)C(O)/C=C/CC/C=C/CCCCCCCCCCCCCC. The molecule has 0 spiro atoms. The number of hydrogen-bond donors (Lipinski definition) is 9. The lowest BCUT2D eigenvalue weighted by Gasteiger charge is -2.46. The second-order valence-electron chi connectivity index (χ2n) is 26.4. The van der Waals surface area contributed by atoms with Crippen molar-refractivity contribution in [3.63, 3.8) is 0 Å². The maximum absolute atomic E-state index is 13.3. The molecular formula is C77H139NO13. The number of carbonyl (C=O) groups is 1. The minimum absolute atomic E-state index is 0.244. The molecule has 9 N–H and O–H groups in total. The second-order valence-corrected chi connectivity index (χ2v) is 26.4. The van der Waals surface area contributed by atoms with Gasteiger partial charge in [-0.15, -0.1) is 0 Å². The number of rotatable bonds is 62. The fourth-order valence-electron chi connectivity index (χ4n) is 12.2. The third-order valence-corrected chi connectivity index (χ3v) is 18.1. The topological polar surface area (TPSA) is 228 Å². The Morgan fingerprint density at radius 3 is 1.21 bits per heavy atom. The van der Waals surface area contributed by atoms with Crippen molar-refractivity contribution in [3.8, 4) is 0 Å². The van der Waals surface area contributed by atoms with E-state index in [1.807, 2.05) is 6.08 Å². The van der Waals surface area contributed by atoms with Crippen molar-refractivity contribution in [1.82, 2.24) is 5.32 Å². The summed E-state index contributed by atoms with van der Waals surface area (Å²) in [6, 6.07) is -0.932. The van der Waals surface area contributed by atoms with Crippen molar-refractivity contribution >= 4 is 5.91 Å². The van der Waals surface area contributed by atoms with Crippen LogP contribution in [0.5, 0.6) is 0 Å². The Morgan fingerprint density at radius 2 is 0.769 bits per heavy atom. The summed E-state index contributed by atoms with van der Waals surface area (Å²) in [6.07, 6.45) is 67.0. The minimum atomic E-state index is -1.79. The van der Waals surface area contributed by atoms with Gasteiger partial charge in [0.2, 0.25) is 5.91 Å². The molecule has 14 nitrogen and oxygen atoms in total. The predicted octanol–water partition coefficient (Wildman–Crippen LogP) is 16.2. The molecule has 2 saturated heterocycles. The van der Waals surface area contributed by atoms with Crippen LogP contribution < -0.4 is 5.32 Å². The highest BCUT2D eigenvalue weighted by Crippen LogP contribution is 2.30. The number of ether oxygens (including phenoxy) is 4. The van der Waals surface area contributed by atoms with Gasteiger partial charge in [0.25, 0.3) is 0 Å². The summed E-state index contributed by atoms with van der Waals surface area (Å²) in [6.45, 7) is 2.70. The molecular weight excluding hydrogens is 1150 g/mol. The van der Waals surface area contributed by atoms with Gasteiger partial charge >= 0.3 is 0 Å². The maximum Gasteiger partial charge on any atom is 0.220 e. The summed E-state index contributed by atoms with van der Waals surface area (Å²) in [5.74, 6) is -0.244. The van der Waals surface area contributed by atoms with E-state index in [2.05, 4.69) is 79.9 Å². The van der Waals surface area contributed by atoms with E-state index in [4.69, 9.17) is 18.9 Å². The molecule has 14 heteroatoms.